The van der Waals surface area contributed by atoms with E-state index in [1.54, 1.807) is 17.9 Å². The number of rotatable bonds is 11. The molecule has 3 aliphatic rings. The molecule has 0 unspecified atom stereocenters. The largest absolute Gasteiger partial charge is 0.491 e. The number of nitrogens with one attached hydrogen (secondary N) is 3. The van der Waals surface area contributed by atoms with Gasteiger partial charge < -0.3 is 39.4 Å². The van der Waals surface area contributed by atoms with Crippen LogP contribution < -0.4 is 25.7 Å². The minimum atomic E-state index is -0.0914. The number of methoxy groups -OCH3 is 1. The molecule has 2 saturated carbocycles. The van der Waals surface area contributed by atoms with Crippen molar-refractivity contribution in [1.29, 1.82) is 5.41 Å². The van der Waals surface area contributed by atoms with Gasteiger partial charge in [0.25, 0.3) is 5.56 Å². The number of allylic oxidation sites excluding steroid dienone is 4. The molecule has 0 radical (unpaired) electrons. The van der Waals surface area contributed by atoms with Gasteiger partial charge in [0.2, 0.25) is 5.95 Å². The topological polar surface area (TPSA) is 128 Å². The number of fused-ring (bicyclic) bond motifs is 1. The van der Waals surface area contributed by atoms with Crippen molar-refractivity contribution in [2.75, 3.05) is 12.4 Å². The van der Waals surface area contributed by atoms with Gasteiger partial charge in [0.15, 0.2) is 22.9 Å². The van der Waals surface area contributed by atoms with Crippen molar-refractivity contribution in [3.63, 3.8) is 0 Å². The minimum Gasteiger partial charge on any atom is -0.491 e. The van der Waals surface area contributed by atoms with Gasteiger partial charge in [0.1, 0.15) is 11.2 Å². The van der Waals surface area contributed by atoms with Crippen LogP contribution in [0.1, 0.15) is 48.8 Å². The van der Waals surface area contributed by atoms with Crippen LogP contribution in [0.2, 0.25) is 0 Å². The Bertz CT molecular complexity index is 1900. The molecule has 7 rings (SSSR count). The number of nitrogens with zero attached hydrogens (tertiary/aromatic N) is 4. The molecule has 0 bridgehead atoms. The highest BCUT2D eigenvalue weighted by atomic mass is 16.5. The van der Waals surface area contributed by atoms with Crippen molar-refractivity contribution in [2.24, 2.45) is 7.05 Å². The van der Waals surface area contributed by atoms with Gasteiger partial charge in [-0.25, -0.2) is 4.98 Å². The lowest BCUT2D eigenvalue weighted by molar-refractivity contribution is -0.0364. The second-order valence-corrected chi connectivity index (χ2v) is 11.6. The molecule has 2 aliphatic carbocycles. The Balaban J connectivity index is 1.15. The maximum Gasteiger partial charge on any atom is 0.274 e. The Morgan fingerprint density at radius 2 is 2.02 bits per heavy atom. The van der Waals surface area contributed by atoms with E-state index in [2.05, 4.69) is 27.8 Å². The predicted octanol–water partition coefficient (Wildman–Crippen LogP) is 5.59. The molecule has 45 heavy (non-hydrogen) atoms. The molecule has 0 spiro atoms. The zero-order valence-electron chi connectivity index (χ0n) is 25.2. The Labute approximate surface area is 260 Å². The molecule has 1 aliphatic heterocycles. The van der Waals surface area contributed by atoms with E-state index in [1.807, 2.05) is 60.3 Å². The third-order valence-electron chi connectivity index (χ3n) is 8.50. The number of dihydropyridines is 1. The molecule has 0 amide bonds. The summed E-state index contributed by atoms with van der Waals surface area (Å²) in [4.78, 5) is 23.0. The summed E-state index contributed by atoms with van der Waals surface area (Å²) in [6, 6.07) is 12.2. The van der Waals surface area contributed by atoms with E-state index < -0.39 is 0 Å². The van der Waals surface area contributed by atoms with E-state index in [4.69, 9.17) is 24.6 Å². The van der Waals surface area contributed by atoms with Gasteiger partial charge in [0, 0.05) is 25.5 Å². The van der Waals surface area contributed by atoms with Crippen LogP contribution in [0.25, 0.3) is 11.2 Å². The van der Waals surface area contributed by atoms with Crippen LogP contribution in [0.3, 0.4) is 0 Å². The summed E-state index contributed by atoms with van der Waals surface area (Å²) in [7, 11) is 3.38. The summed E-state index contributed by atoms with van der Waals surface area (Å²) >= 11 is 0. The normalized spacial score (nSPS) is 20.0. The molecule has 2 fully saturated rings. The highest BCUT2D eigenvalue weighted by Crippen LogP contribution is 2.42. The first-order chi connectivity index (χ1) is 22.0. The summed E-state index contributed by atoms with van der Waals surface area (Å²) in [5.41, 5.74) is 4.35. The molecule has 0 saturated heterocycles. The van der Waals surface area contributed by atoms with Gasteiger partial charge in [-0.2, -0.15) is 4.98 Å². The summed E-state index contributed by atoms with van der Waals surface area (Å²) < 4.78 is 21.6. The number of hydrogen-bond donors (Lipinski definition) is 3. The first kappa shape index (κ1) is 28.6. The quantitative estimate of drug-likeness (QED) is 0.149. The highest BCUT2D eigenvalue weighted by molar-refractivity contribution is 5.85. The molecular formula is C34H35N7O4. The first-order valence-corrected chi connectivity index (χ1v) is 15.1. The van der Waals surface area contributed by atoms with Crippen LogP contribution in [0.5, 0.6) is 11.5 Å². The highest BCUT2D eigenvalue weighted by Gasteiger charge is 2.34. The molecule has 0 atom stereocenters. The summed E-state index contributed by atoms with van der Waals surface area (Å²) in [5, 5.41) is 14.3. The Hall–Kier alpha value is -5.16. The number of aryl methyl sites for hydroxylation is 1. The van der Waals surface area contributed by atoms with Gasteiger partial charge in [-0.05, 0) is 60.9 Å². The summed E-state index contributed by atoms with van der Waals surface area (Å²) in [6.45, 7) is 0.574. The van der Waals surface area contributed by atoms with Gasteiger partial charge in [0.05, 0.1) is 37.9 Å². The standard InChI is InChI=1S/C34H35N7O4/c1-40-30-31(43-2)29(45-28(17-35)26-10-6-7-13-36-26)18-37-32(30)39-34(40)38-27-14-23(22-11-12-22)19-41(33(27)42)24-15-25(16-24)44-20-21-8-4-3-5-9-21/h3-10,13-14,17-19,22,24-25,35-36H,11-12,15-16,20H2,1-2H3,(H,37,38,39)/b28-26+,35-17?/t24-,25-. The zero-order chi connectivity index (χ0) is 30.9. The summed E-state index contributed by atoms with van der Waals surface area (Å²) in [5.74, 6) is 1.97. The lowest BCUT2D eigenvalue weighted by atomic mass is 9.88. The fourth-order valence-corrected chi connectivity index (χ4v) is 5.77. The third kappa shape index (κ3) is 5.74. The number of ether oxygens (including phenoxy) is 3. The molecule has 4 heterocycles. The van der Waals surface area contributed by atoms with Crippen molar-refractivity contribution >= 4 is 29.0 Å². The average molecular weight is 606 g/mol. The number of benzene rings is 1. The average Bonchev–Trinajstić information content (AvgIpc) is 3.86. The number of pyridine rings is 2. The molecule has 11 nitrogen and oxygen atoms in total. The lowest BCUT2D eigenvalue weighted by Gasteiger charge is -2.36. The molecule has 11 heteroatoms. The van der Waals surface area contributed by atoms with E-state index in [-0.39, 0.29) is 17.7 Å². The van der Waals surface area contributed by atoms with Crippen LogP contribution >= 0.6 is 0 Å². The lowest BCUT2D eigenvalue weighted by Crippen LogP contribution is -2.38. The second kappa shape index (κ2) is 12.1. The fraction of sp³-hybridized carbons (Fsp3) is 0.294. The Morgan fingerprint density at radius 1 is 1.20 bits per heavy atom. The van der Waals surface area contributed by atoms with Crippen LogP contribution in [-0.2, 0) is 18.4 Å². The number of aromatic nitrogens is 4. The second-order valence-electron chi connectivity index (χ2n) is 11.6. The smallest absolute Gasteiger partial charge is 0.274 e. The van der Waals surface area contributed by atoms with Gasteiger partial charge in [-0.15, -0.1) is 0 Å². The Morgan fingerprint density at radius 3 is 2.73 bits per heavy atom. The van der Waals surface area contributed by atoms with E-state index in [9.17, 15) is 4.79 Å². The Kier molecular flexibility index (Phi) is 7.68. The molecule has 1 aromatic carbocycles. The molecule has 3 N–H and O–H groups in total. The molecule has 230 valence electrons. The predicted molar refractivity (Wildman–Crippen MR) is 172 cm³/mol. The summed E-state index contributed by atoms with van der Waals surface area (Å²) in [6.07, 6.45) is 15.9. The van der Waals surface area contributed by atoms with Crippen LogP contribution in [0, 0.1) is 5.41 Å². The van der Waals surface area contributed by atoms with E-state index in [1.165, 1.54) is 6.20 Å². The van der Waals surface area contributed by atoms with Crippen molar-refractivity contribution in [2.45, 2.75) is 50.4 Å². The molecular weight excluding hydrogens is 570 g/mol. The molecule has 4 aromatic rings. The van der Waals surface area contributed by atoms with Crippen molar-refractivity contribution < 1.29 is 14.2 Å². The van der Waals surface area contributed by atoms with Crippen molar-refractivity contribution in [3.8, 4) is 11.5 Å². The maximum atomic E-state index is 13.8. The van der Waals surface area contributed by atoms with Crippen LogP contribution in [-0.4, -0.2) is 38.5 Å². The molecule has 3 aromatic heterocycles. The maximum absolute atomic E-state index is 13.8. The van der Waals surface area contributed by atoms with Crippen LogP contribution in [0.4, 0.5) is 11.6 Å². The van der Waals surface area contributed by atoms with E-state index >= 15 is 0 Å². The number of anilines is 2. The van der Waals surface area contributed by atoms with Crippen molar-refractivity contribution in [1.82, 2.24) is 24.4 Å². The SMILES string of the molecule is COc1c(O/C(C=N)=C2\C=CC=CN2)cnc2nc(Nc3cc(C4CC4)cn([C@H]4C[C@H](OCc5ccccc5)C4)c3=O)n(C)c12. The monoisotopic (exact) mass is 605 g/mol. The van der Waals surface area contributed by atoms with Gasteiger partial charge >= 0.3 is 0 Å². The van der Waals surface area contributed by atoms with E-state index in [0.717, 1.165) is 43.0 Å². The van der Waals surface area contributed by atoms with Crippen molar-refractivity contribution in [3.05, 3.63) is 106 Å². The first-order valence-electron chi connectivity index (χ1n) is 15.1. The van der Waals surface area contributed by atoms with Crippen LogP contribution in [0.15, 0.2) is 89.5 Å². The third-order valence-corrected chi connectivity index (χ3v) is 8.50. The zero-order valence-corrected chi connectivity index (χ0v) is 25.2. The van der Waals surface area contributed by atoms with Gasteiger partial charge in [-0.3, -0.25) is 4.79 Å². The van der Waals surface area contributed by atoms with E-state index in [0.29, 0.717) is 58.3 Å². The minimum absolute atomic E-state index is 0.0839. The van der Waals surface area contributed by atoms with Gasteiger partial charge in [-0.1, -0.05) is 36.4 Å². The fourth-order valence-electron chi connectivity index (χ4n) is 5.77. The number of imidazole rings is 1. The number of hydrogen-bond acceptors (Lipinski definition) is 9.